The second-order valence-electron chi connectivity index (χ2n) is 5.83. The molecule has 1 aliphatic rings. The van der Waals surface area contributed by atoms with Gasteiger partial charge in [0, 0.05) is 19.0 Å². The van der Waals surface area contributed by atoms with Gasteiger partial charge in [0.15, 0.2) is 11.5 Å². The van der Waals surface area contributed by atoms with Gasteiger partial charge in [-0.25, -0.2) is 8.42 Å². The van der Waals surface area contributed by atoms with E-state index in [0.717, 1.165) is 10.6 Å². The summed E-state index contributed by atoms with van der Waals surface area (Å²) in [5.74, 6) is 0.596. The highest BCUT2D eigenvalue weighted by Crippen LogP contribution is 2.36. The van der Waals surface area contributed by atoms with Crippen LogP contribution in [0.15, 0.2) is 42.5 Å². The van der Waals surface area contributed by atoms with E-state index in [4.69, 9.17) is 14.7 Å². The van der Waals surface area contributed by atoms with Gasteiger partial charge >= 0.3 is 0 Å². The van der Waals surface area contributed by atoms with E-state index in [2.05, 4.69) is 5.32 Å². The zero-order valence-electron chi connectivity index (χ0n) is 14.5. The van der Waals surface area contributed by atoms with E-state index in [9.17, 15) is 13.2 Å². The van der Waals surface area contributed by atoms with Gasteiger partial charge in [-0.05, 0) is 24.3 Å². The third kappa shape index (κ3) is 4.30. The van der Waals surface area contributed by atoms with Crippen molar-refractivity contribution in [1.29, 1.82) is 5.26 Å². The van der Waals surface area contributed by atoms with Crippen molar-refractivity contribution in [2.75, 3.05) is 29.2 Å². The second kappa shape index (κ2) is 7.55. The van der Waals surface area contributed by atoms with Crippen LogP contribution >= 0.6 is 0 Å². The van der Waals surface area contributed by atoms with Crippen LogP contribution in [0.5, 0.6) is 11.5 Å². The summed E-state index contributed by atoms with van der Waals surface area (Å²) < 4.78 is 36.0. The number of ether oxygens (including phenoxy) is 2. The maximum absolute atomic E-state index is 12.2. The van der Waals surface area contributed by atoms with Crippen LogP contribution in [0.25, 0.3) is 0 Å². The minimum Gasteiger partial charge on any atom is -0.454 e. The maximum Gasteiger partial charge on any atom is 0.232 e. The first-order valence-corrected chi connectivity index (χ1v) is 9.89. The number of hydrogen-bond donors (Lipinski definition) is 1. The molecule has 27 heavy (non-hydrogen) atoms. The molecule has 0 aromatic heterocycles. The Bertz CT molecular complexity index is 1010. The van der Waals surface area contributed by atoms with Gasteiger partial charge in [0.25, 0.3) is 0 Å². The topological polar surface area (TPSA) is 109 Å². The largest absolute Gasteiger partial charge is 0.454 e. The minimum atomic E-state index is -3.61. The van der Waals surface area contributed by atoms with Crippen molar-refractivity contribution >= 4 is 27.3 Å². The Hall–Kier alpha value is -3.25. The molecule has 1 amide bonds. The van der Waals surface area contributed by atoms with E-state index in [0.29, 0.717) is 28.4 Å². The van der Waals surface area contributed by atoms with E-state index < -0.39 is 15.9 Å². The maximum atomic E-state index is 12.2. The Morgan fingerprint density at radius 2 is 1.96 bits per heavy atom. The van der Waals surface area contributed by atoms with Crippen molar-refractivity contribution < 1.29 is 22.7 Å². The zero-order valence-corrected chi connectivity index (χ0v) is 15.3. The monoisotopic (exact) mass is 387 g/mol. The number of sulfonamides is 1. The first kappa shape index (κ1) is 18.5. The standard InChI is InChI=1S/C18H17N3O5S/c1-27(23,24)21(14-6-7-16-17(10-14)26-12-25-16)9-8-18(22)20-15-5-3-2-4-13(15)11-19/h2-7,10H,8-9,12H2,1H3,(H,20,22). The van der Waals surface area contributed by atoms with Gasteiger partial charge in [0.05, 0.1) is 23.2 Å². The van der Waals surface area contributed by atoms with Crippen LogP contribution in [0.4, 0.5) is 11.4 Å². The van der Waals surface area contributed by atoms with Crippen LogP contribution in [-0.2, 0) is 14.8 Å². The Morgan fingerprint density at radius 3 is 2.70 bits per heavy atom. The molecule has 0 radical (unpaired) electrons. The van der Waals surface area contributed by atoms with Crippen molar-refractivity contribution in [1.82, 2.24) is 0 Å². The summed E-state index contributed by atoms with van der Waals surface area (Å²) in [6, 6.07) is 13.4. The average molecular weight is 387 g/mol. The summed E-state index contributed by atoms with van der Waals surface area (Å²) in [6.07, 6.45) is 0.988. The van der Waals surface area contributed by atoms with E-state index in [1.807, 2.05) is 6.07 Å². The Labute approximate surface area is 157 Å². The summed E-state index contributed by atoms with van der Waals surface area (Å²) in [4.78, 5) is 12.2. The number of carbonyl (C=O) groups is 1. The van der Waals surface area contributed by atoms with Crippen molar-refractivity contribution in [2.24, 2.45) is 0 Å². The molecule has 1 aliphatic heterocycles. The minimum absolute atomic E-state index is 0.0565. The molecule has 0 aliphatic carbocycles. The summed E-state index contributed by atoms with van der Waals surface area (Å²) >= 11 is 0. The molecule has 0 saturated carbocycles. The first-order chi connectivity index (χ1) is 12.9. The lowest BCUT2D eigenvalue weighted by atomic mass is 10.2. The number of rotatable bonds is 6. The predicted molar refractivity (Wildman–Crippen MR) is 99.2 cm³/mol. The summed E-state index contributed by atoms with van der Waals surface area (Å²) in [7, 11) is -3.61. The molecule has 1 N–H and O–H groups in total. The fourth-order valence-corrected chi connectivity index (χ4v) is 3.55. The molecule has 9 heteroatoms. The quantitative estimate of drug-likeness (QED) is 0.813. The summed E-state index contributed by atoms with van der Waals surface area (Å²) in [6.45, 7) is 0.0252. The number of carbonyl (C=O) groups excluding carboxylic acids is 1. The molecule has 0 saturated heterocycles. The lowest BCUT2D eigenvalue weighted by molar-refractivity contribution is -0.116. The fraction of sp³-hybridized carbons (Fsp3) is 0.222. The van der Waals surface area contributed by atoms with Gasteiger partial charge in [-0.1, -0.05) is 12.1 Å². The number of benzene rings is 2. The molecule has 8 nitrogen and oxygen atoms in total. The SMILES string of the molecule is CS(=O)(=O)N(CCC(=O)Nc1ccccc1C#N)c1ccc2c(c1)OCO2. The number of nitrogens with one attached hydrogen (secondary N) is 1. The Morgan fingerprint density at radius 1 is 1.22 bits per heavy atom. The number of amides is 1. The van der Waals surface area contributed by atoms with Crippen molar-refractivity contribution in [2.45, 2.75) is 6.42 Å². The highest BCUT2D eigenvalue weighted by Gasteiger charge is 2.22. The molecule has 0 atom stereocenters. The number of fused-ring (bicyclic) bond motifs is 1. The second-order valence-corrected chi connectivity index (χ2v) is 7.74. The molecule has 0 fully saturated rings. The summed E-state index contributed by atoms with van der Waals surface area (Å²) in [5, 5.41) is 11.7. The third-order valence-corrected chi connectivity index (χ3v) is 5.10. The Balaban J connectivity index is 1.73. The van der Waals surface area contributed by atoms with Crippen molar-refractivity contribution in [3.05, 3.63) is 48.0 Å². The van der Waals surface area contributed by atoms with Crippen LogP contribution in [0.2, 0.25) is 0 Å². The molecule has 0 bridgehead atoms. The lowest BCUT2D eigenvalue weighted by Crippen LogP contribution is -2.33. The van der Waals surface area contributed by atoms with E-state index >= 15 is 0 Å². The first-order valence-electron chi connectivity index (χ1n) is 8.05. The molecule has 0 unspecified atom stereocenters. The van der Waals surface area contributed by atoms with Crippen LogP contribution in [-0.4, -0.2) is 33.9 Å². The molecule has 140 valence electrons. The van der Waals surface area contributed by atoms with Crippen LogP contribution < -0.4 is 19.1 Å². The van der Waals surface area contributed by atoms with Crippen LogP contribution in [0, 0.1) is 11.3 Å². The highest BCUT2D eigenvalue weighted by atomic mass is 32.2. The van der Waals surface area contributed by atoms with Crippen LogP contribution in [0.3, 0.4) is 0 Å². The number of para-hydroxylation sites is 1. The highest BCUT2D eigenvalue weighted by molar-refractivity contribution is 7.92. The molecular weight excluding hydrogens is 370 g/mol. The average Bonchev–Trinajstić information content (AvgIpc) is 3.09. The normalized spacial score (nSPS) is 12.3. The molecule has 2 aromatic rings. The van der Waals surface area contributed by atoms with Gasteiger partial charge in [-0.15, -0.1) is 0 Å². The van der Waals surface area contributed by atoms with Gasteiger partial charge < -0.3 is 14.8 Å². The van der Waals surface area contributed by atoms with E-state index in [1.54, 1.807) is 42.5 Å². The summed E-state index contributed by atoms with van der Waals surface area (Å²) in [5.41, 5.74) is 1.10. The van der Waals surface area contributed by atoms with Crippen LogP contribution in [0.1, 0.15) is 12.0 Å². The van der Waals surface area contributed by atoms with Crippen molar-refractivity contribution in [3.63, 3.8) is 0 Å². The molecule has 2 aromatic carbocycles. The number of hydrogen-bond acceptors (Lipinski definition) is 6. The molecule has 1 heterocycles. The lowest BCUT2D eigenvalue weighted by Gasteiger charge is -2.22. The van der Waals surface area contributed by atoms with Gasteiger partial charge in [0.1, 0.15) is 6.07 Å². The number of nitriles is 1. The number of nitrogens with zero attached hydrogens (tertiary/aromatic N) is 2. The molecular formula is C18H17N3O5S. The molecule has 3 rings (SSSR count). The smallest absolute Gasteiger partial charge is 0.232 e. The van der Waals surface area contributed by atoms with Gasteiger partial charge in [-0.3, -0.25) is 9.10 Å². The predicted octanol–water partition coefficient (Wildman–Crippen LogP) is 2.08. The zero-order chi connectivity index (χ0) is 19.4. The van der Waals surface area contributed by atoms with Gasteiger partial charge in [-0.2, -0.15) is 5.26 Å². The number of anilines is 2. The van der Waals surface area contributed by atoms with E-state index in [1.165, 1.54) is 0 Å². The Kier molecular flexibility index (Phi) is 5.19. The fourth-order valence-electron chi connectivity index (χ4n) is 2.63. The van der Waals surface area contributed by atoms with Crippen molar-refractivity contribution in [3.8, 4) is 17.6 Å². The van der Waals surface area contributed by atoms with Gasteiger partial charge in [0.2, 0.25) is 22.7 Å². The van der Waals surface area contributed by atoms with E-state index in [-0.39, 0.29) is 19.8 Å². The molecule has 0 spiro atoms. The third-order valence-electron chi connectivity index (χ3n) is 3.91.